The SMILES string of the molecule is CC(=O)Nc1cccc(NC2CCc3sc(Cl)cc32)c1. The van der Waals surface area contributed by atoms with Crippen molar-refractivity contribution in [2.75, 3.05) is 10.6 Å². The fourth-order valence-corrected chi connectivity index (χ4v) is 3.93. The zero-order valence-corrected chi connectivity index (χ0v) is 12.6. The molecule has 1 amide bonds. The average Bonchev–Trinajstić information content (AvgIpc) is 2.90. The molecule has 104 valence electrons. The number of amides is 1. The molecule has 0 aliphatic heterocycles. The van der Waals surface area contributed by atoms with Gasteiger partial charge in [0.05, 0.1) is 10.4 Å². The standard InChI is InChI=1S/C15H15ClN2OS/c1-9(19)17-10-3-2-4-11(7-10)18-13-5-6-14-12(13)8-15(16)20-14/h2-4,7-8,13,18H,5-6H2,1H3,(H,17,19). The van der Waals surface area contributed by atoms with E-state index in [-0.39, 0.29) is 5.91 Å². The van der Waals surface area contributed by atoms with Crippen LogP contribution < -0.4 is 10.6 Å². The molecule has 20 heavy (non-hydrogen) atoms. The summed E-state index contributed by atoms with van der Waals surface area (Å²) < 4.78 is 0.855. The van der Waals surface area contributed by atoms with E-state index < -0.39 is 0 Å². The molecule has 1 aromatic heterocycles. The van der Waals surface area contributed by atoms with Crippen LogP contribution in [-0.4, -0.2) is 5.91 Å². The first-order valence-corrected chi connectivity index (χ1v) is 7.73. The molecule has 3 nitrogen and oxygen atoms in total. The number of aryl methyl sites for hydroxylation is 1. The quantitative estimate of drug-likeness (QED) is 0.879. The van der Waals surface area contributed by atoms with Crippen LogP contribution in [0.4, 0.5) is 11.4 Å². The maximum atomic E-state index is 11.1. The van der Waals surface area contributed by atoms with E-state index in [0.29, 0.717) is 6.04 Å². The maximum absolute atomic E-state index is 11.1. The Bertz CT molecular complexity index is 653. The summed E-state index contributed by atoms with van der Waals surface area (Å²) in [6, 6.07) is 10.1. The minimum atomic E-state index is -0.0603. The molecule has 1 unspecified atom stereocenters. The van der Waals surface area contributed by atoms with Gasteiger partial charge in [0.1, 0.15) is 0 Å². The first-order valence-electron chi connectivity index (χ1n) is 6.54. The average molecular weight is 307 g/mol. The summed E-state index contributed by atoms with van der Waals surface area (Å²) >= 11 is 7.74. The zero-order valence-electron chi connectivity index (χ0n) is 11.1. The van der Waals surface area contributed by atoms with Crippen molar-refractivity contribution in [1.29, 1.82) is 0 Å². The summed E-state index contributed by atoms with van der Waals surface area (Å²) in [6.45, 7) is 1.51. The minimum absolute atomic E-state index is 0.0603. The van der Waals surface area contributed by atoms with Crippen LogP contribution >= 0.6 is 22.9 Å². The smallest absolute Gasteiger partial charge is 0.221 e. The van der Waals surface area contributed by atoms with Gasteiger partial charge in [-0.1, -0.05) is 17.7 Å². The Kier molecular flexibility index (Phi) is 3.68. The number of rotatable bonds is 3. The highest BCUT2D eigenvalue weighted by atomic mass is 35.5. The van der Waals surface area contributed by atoms with E-state index in [1.165, 1.54) is 17.4 Å². The molecule has 1 heterocycles. The molecule has 0 bridgehead atoms. The van der Waals surface area contributed by atoms with Gasteiger partial charge in [-0.25, -0.2) is 0 Å². The van der Waals surface area contributed by atoms with Gasteiger partial charge in [-0.15, -0.1) is 11.3 Å². The van der Waals surface area contributed by atoms with Crippen LogP contribution in [-0.2, 0) is 11.2 Å². The highest BCUT2D eigenvalue weighted by Crippen LogP contribution is 2.41. The molecule has 1 aliphatic carbocycles. The molecule has 2 aromatic rings. The van der Waals surface area contributed by atoms with E-state index in [4.69, 9.17) is 11.6 Å². The number of benzene rings is 1. The number of carbonyl (C=O) groups is 1. The van der Waals surface area contributed by atoms with E-state index in [0.717, 1.165) is 28.6 Å². The lowest BCUT2D eigenvalue weighted by atomic mass is 10.1. The van der Waals surface area contributed by atoms with Crippen LogP contribution in [0.5, 0.6) is 0 Å². The van der Waals surface area contributed by atoms with Crippen molar-refractivity contribution in [2.45, 2.75) is 25.8 Å². The Labute approximate surface area is 127 Å². The third-order valence-electron chi connectivity index (χ3n) is 3.37. The summed E-state index contributed by atoms with van der Waals surface area (Å²) in [5.74, 6) is -0.0603. The van der Waals surface area contributed by atoms with Crippen molar-refractivity contribution in [2.24, 2.45) is 0 Å². The lowest BCUT2D eigenvalue weighted by Crippen LogP contribution is -2.08. The summed E-state index contributed by atoms with van der Waals surface area (Å²) in [4.78, 5) is 12.5. The summed E-state index contributed by atoms with van der Waals surface area (Å²) in [7, 11) is 0. The molecular formula is C15H15ClN2OS. The molecule has 3 rings (SSSR count). The highest BCUT2D eigenvalue weighted by molar-refractivity contribution is 7.16. The normalized spacial score (nSPS) is 16.8. The lowest BCUT2D eigenvalue weighted by molar-refractivity contribution is -0.114. The van der Waals surface area contributed by atoms with E-state index in [9.17, 15) is 4.79 Å². The van der Waals surface area contributed by atoms with Crippen LogP contribution in [0.25, 0.3) is 0 Å². The summed E-state index contributed by atoms with van der Waals surface area (Å²) in [5.41, 5.74) is 3.13. The van der Waals surface area contributed by atoms with Gasteiger partial charge in [0, 0.05) is 23.2 Å². The maximum Gasteiger partial charge on any atom is 0.221 e. The van der Waals surface area contributed by atoms with Crippen LogP contribution in [0.15, 0.2) is 30.3 Å². The monoisotopic (exact) mass is 306 g/mol. The van der Waals surface area contributed by atoms with Crippen molar-refractivity contribution in [1.82, 2.24) is 0 Å². The third-order valence-corrected chi connectivity index (χ3v) is 4.71. The van der Waals surface area contributed by atoms with Crippen LogP contribution in [0, 0.1) is 0 Å². The zero-order chi connectivity index (χ0) is 14.1. The van der Waals surface area contributed by atoms with E-state index in [2.05, 4.69) is 16.7 Å². The van der Waals surface area contributed by atoms with Crippen LogP contribution in [0.2, 0.25) is 4.34 Å². The molecule has 2 N–H and O–H groups in total. The van der Waals surface area contributed by atoms with Gasteiger partial charge in [-0.2, -0.15) is 0 Å². The van der Waals surface area contributed by atoms with Gasteiger partial charge in [-0.05, 0) is 42.7 Å². The number of hydrogen-bond acceptors (Lipinski definition) is 3. The number of thiophene rings is 1. The molecule has 0 fully saturated rings. The Balaban J connectivity index is 1.77. The van der Waals surface area contributed by atoms with Crippen molar-refractivity contribution in [3.05, 3.63) is 45.1 Å². The lowest BCUT2D eigenvalue weighted by Gasteiger charge is -2.15. The van der Waals surface area contributed by atoms with E-state index in [1.54, 1.807) is 11.3 Å². The van der Waals surface area contributed by atoms with Gasteiger partial charge in [0.2, 0.25) is 5.91 Å². The molecule has 5 heteroatoms. The molecule has 0 saturated carbocycles. The molecule has 0 saturated heterocycles. The fourth-order valence-electron chi connectivity index (χ4n) is 2.57. The van der Waals surface area contributed by atoms with Gasteiger partial charge >= 0.3 is 0 Å². The highest BCUT2D eigenvalue weighted by Gasteiger charge is 2.24. The predicted octanol–water partition coefficient (Wildman–Crippen LogP) is 4.46. The van der Waals surface area contributed by atoms with Crippen LogP contribution in [0.1, 0.15) is 29.8 Å². The second-order valence-corrected chi connectivity index (χ2v) is 6.69. The Hall–Kier alpha value is -1.52. The number of hydrogen-bond donors (Lipinski definition) is 2. The minimum Gasteiger partial charge on any atom is -0.378 e. The fraction of sp³-hybridized carbons (Fsp3) is 0.267. The van der Waals surface area contributed by atoms with Gasteiger partial charge < -0.3 is 10.6 Å². The van der Waals surface area contributed by atoms with E-state index >= 15 is 0 Å². The van der Waals surface area contributed by atoms with Crippen LogP contribution in [0.3, 0.4) is 0 Å². The number of halogens is 1. The van der Waals surface area contributed by atoms with Gasteiger partial charge in [0.15, 0.2) is 0 Å². The number of nitrogens with one attached hydrogen (secondary N) is 2. The largest absolute Gasteiger partial charge is 0.378 e. The number of anilines is 2. The first-order chi connectivity index (χ1) is 9.61. The second-order valence-electron chi connectivity index (χ2n) is 4.93. The van der Waals surface area contributed by atoms with Crippen molar-refractivity contribution in [3.8, 4) is 0 Å². The summed E-state index contributed by atoms with van der Waals surface area (Å²) in [5, 5.41) is 6.32. The van der Waals surface area contributed by atoms with Crippen molar-refractivity contribution in [3.63, 3.8) is 0 Å². The van der Waals surface area contributed by atoms with Gasteiger partial charge in [-0.3, -0.25) is 4.79 Å². The van der Waals surface area contributed by atoms with E-state index in [1.807, 2.05) is 24.3 Å². The molecule has 1 atom stereocenters. The third kappa shape index (κ3) is 2.81. The number of carbonyl (C=O) groups excluding carboxylic acids is 1. The predicted molar refractivity (Wildman–Crippen MR) is 84.8 cm³/mol. The second kappa shape index (κ2) is 5.46. The first kappa shape index (κ1) is 13.5. The Morgan fingerprint density at radius 3 is 2.95 bits per heavy atom. The van der Waals surface area contributed by atoms with Crippen molar-refractivity contribution < 1.29 is 4.79 Å². The molecule has 1 aromatic carbocycles. The number of fused-ring (bicyclic) bond motifs is 1. The molecular weight excluding hydrogens is 292 g/mol. The molecule has 0 spiro atoms. The Morgan fingerprint density at radius 1 is 1.35 bits per heavy atom. The van der Waals surface area contributed by atoms with Gasteiger partial charge in [0.25, 0.3) is 0 Å². The molecule has 0 radical (unpaired) electrons. The Morgan fingerprint density at radius 2 is 2.15 bits per heavy atom. The van der Waals surface area contributed by atoms with Crippen molar-refractivity contribution >= 4 is 40.2 Å². The topological polar surface area (TPSA) is 41.1 Å². The summed E-state index contributed by atoms with van der Waals surface area (Å²) in [6.07, 6.45) is 2.17. The molecule has 1 aliphatic rings.